The van der Waals surface area contributed by atoms with Crippen molar-refractivity contribution < 1.29 is 9.90 Å². The molecule has 0 bridgehead atoms. The predicted molar refractivity (Wildman–Crippen MR) is 45.0 cm³/mol. The molecule has 0 spiro atoms. The highest BCUT2D eigenvalue weighted by atomic mass is 35.5. The Hall–Kier alpha value is -1.06. The smallest absolute Gasteiger partial charge is 0.257 e. The van der Waals surface area contributed by atoms with E-state index in [-0.39, 0.29) is 0 Å². The summed E-state index contributed by atoms with van der Waals surface area (Å²) in [5, 5.41) is 12.3. The van der Waals surface area contributed by atoms with E-state index in [0.717, 1.165) is 0 Å². The molecule has 1 amide bonds. The zero-order valence-corrected chi connectivity index (χ0v) is 6.80. The number of halogens is 1. The number of benzene rings is 1. The highest BCUT2D eigenvalue weighted by Crippen LogP contribution is 2.32. The summed E-state index contributed by atoms with van der Waals surface area (Å²) in [4.78, 5) is 10.9. The van der Waals surface area contributed by atoms with E-state index in [4.69, 9.17) is 11.6 Å². The Morgan fingerprint density at radius 2 is 2.25 bits per heavy atom. The zero-order valence-electron chi connectivity index (χ0n) is 6.04. The molecule has 3 nitrogen and oxygen atoms in total. The van der Waals surface area contributed by atoms with Crippen LogP contribution in [0, 0.1) is 0 Å². The molecule has 1 aliphatic heterocycles. The Bertz CT molecular complexity index is 351. The molecule has 0 fully saturated rings. The van der Waals surface area contributed by atoms with Crippen molar-refractivity contribution in [2.75, 3.05) is 5.32 Å². The Morgan fingerprint density at radius 1 is 1.50 bits per heavy atom. The second-order valence-corrected chi connectivity index (χ2v) is 3.06. The fourth-order valence-electron chi connectivity index (χ4n) is 1.22. The van der Waals surface area contributed by atoms with Gasteiger partial charge in [-0.15, -0.1) is 0 Å². The van der Waals surface area contributed by atoms with E-state index in [9.17, 15) is 9.90 Å². The zero-order chi connectivity index (χ0) is 8.72. The number of carbonyl (C=O) groups excluding carboxylic acids is 1. The molecule has 62 valence electrons. The van der Waals surface area contributed by atoms with Crippen molar-refractivity contribution in [2.45, 2.75) is 6.10 Å². The third kappa shape index (κ3) is 0.983. The molecule has 1 aromatic rings. The van der Waals surface area contributed by atoms with Gasteiger partial charge >= 0.3 is 0 Å². The summed E-state index contributed by atoms with van der Waals surface area (Å²) in [6.07, 6.45) is -1.07. The van der Waals surface area contributed by atoms with Crippen LogP contribution in [0.5, 0.6) is 0 Å². The van der Waals surface area contributed by atoms with Crippen molar-refractivity contribution in [2.24, 2.45) is 0 Å². The number of aliphatic hydroxyl groups excluding tert-OH is 1. The van der Waals surface area contributed by atoms with Gasteiger partial charge in [-0.2, -0.15) is 0 Å². The molecule has 2 N–H and O–H groups in total. The van der Waals surface area contributed by atoms with Crippen LogP contribution >= 0.6 is 11.6 Å². The summed E-state index contributed by atoms with van der Waals surface area (Å²) in [7, 11) is 0. The molecule has 2 rings (SSSR count). The van der Waals surface area contributed by atoms with Crippen LogP contribution in [0.4, 0.5) is 5.69 Å². The van der Waals surface area contributed by atoms with Gasteiger partial charge in [0.1, 0.15) is 0 Å². The molecule has 1 atom stereocenters. The summed E-state index contributed by atoms with van der Waals surface area (Å²) in [6.45, 7) is 0. The maximum Gasteiger partial charge on any atom is 0.257 e. The summed E-state index contributed by atoms with van der Waals surface area (Å²) >= 11 is 5.69. The Morgan fingerprint density at radius 3 is 3.00 bits per heavy atom. The molecule has 1 aromatic carbocycles. The van der Waals surface area contributed by atoms with Crippen molar-refractivity contribution in [1.82, 2.24) is 0 Å². The van der Waals surface area contributed by atoms with Crippen LogP contribution in [0.3, 0.4) is 0 Å². The largest absolute Gasteiger partial charge is 0.378 e. The molecule has 1 unspecified atom stereocenters. The number of rotatable bonds is 0. The quantitative estimate of drug-likeness (QED) is 0.638. The molecular formula is C8H6ClNO2. The average molecular weight is 184 g/mol. The number of anilines is 1. The van der Waals surface area contributed by atoms with Crippen LogP contribution in [0.15, 0.2) is 18.2 Å². The topological polar surface area (TPSA) is 49.3 Å². The minimum atomic E-state index is -1.07. The normalized spacial score (nSPS) is 20.5. The lowest BCUT2D eigenvalue weighted by Crippen LogP contribution is -2.10. The van der Waals surface area contributed by atoms with E-state index in [1.165, 1.54) is 0 Å². The number of carbonyl (C=O) groups is 1. The number of fused-ring (bicyclic) bond motifs is 1. The molecule has 12 heavy (non-hydrogen) atoms. The molecule has 1 aliphatic rings. The van der Waals surface area contributed by atoms with Crippen LogP contribution in [-0.4, -0.2) is 11.0 Å². The molecule has 0 aromatic heterocycles. The van der Waals surface area contributed by atoms with Gasteiger partial charge in [0.25, 0.3) is 5.91 Å². The van der Waals surface area contributed by atoms with Gasteiger partial charge in [-0.25, -0.2) is 0 Å². The second kappa shape index (κ2) is 2.47. The molecular weight excluding hydrogens is 178 g/mol. The van der Waals surface area contributed by atoms with E-state index in [1.54, 1.807) is 18.2 Å². The molecule has 0 saturated heterocycles. The first kappa shape index (κ1) is 7.58. The number of aliphatic hydroxyl groups is 1. The first-order valence-electron chi connectivity index (χ1n) is 3.47. The van der Waals surface area contributed by atoms with E-state index in [0.29, 0.717) is 16.3 Å². The lowest BCUT2D eigenvalue weighted by atomic mass is 10.1. The fraction of sp³-hybridized carbons (Fsp3) is 0.125. The van der Waals surface area contributed by atoms with E-state index in [1.807, 2.05) is 0 Å². The van der Waals surface area contributed by atoms with Crippen molar-refractivity contribution in [3.63, 3.8) is 0 Å². The minimum absolute atomic E-state index is 0.396. The molecule has 4 heteroatoms. The Kier molecular flexibility index (Phi) is 1.56. The maximum atomic E-state index is 10.9. The van der Waals surface area contributed by atoms with Gasteiger partial charge < -0.3 is 10.4 Å². The minimum Gasteiger partial charge on any atom is -0.378 e. The number of hydrogen-bond donors (Lipinski definition) is 2. The van der Waals surface area contributed by atoms with Crippen molar-refractivity contribution >= 4 is 23.2 Å². The highest BCUT2D eigenvalue weighted by molar-refractivity contribution is 6.30. The number of amides is 1. The number of hydrogen-bond acceptors (Lipinski definition) is 2. The SMILES string of the molecule is O=C1Nc2ccc(Cl)cc2C1O. The van der Waals surface area contributed by atoms with Gasteiger partial charge in [0, 0.05) is 16.3 Å². The Balaban J connectivity index is 2.55. The predicted octanol–water partition coefficient (Wildman–Crippen LogP) is 1.33. The lowest BCUT2D eigenvalue weighted by molar-refractivity contribution is -0.123. The summed E-state index contributed by atoms with van der Waals surface area (Å²) in [6, 6.07) is 4.92. The average Bonchev–Trinajstić information content (AvgIpc) is 2.31. The molecule has 0 radical (unpaired) electrons. The summed E-state index contributed by atoms with van der Waals surface area (Å²) in [5.41, 5.74) is 1.18. The van der Waals surface area contributed by atoms with Crippen molar-refractivity contribution in [3.05, 3.63) is 28.8 Å². The summed E-state index contributed by atoms with van der Waals surface area (Å²) < 4.78 is 0. The van der Waals surface area contributed by atoms with Gasteiger partial charge in [-0.05, 0) is 18.2 Å². The highest BCUT2D eigenvalue weighted by Gasteiger charge is 2.28. The van der Waals surface area contributed by atoms with Crippen LogP contribution in [-0.2, 0) is 4.79 Å². The Labute approximate surface area is 74.0 Å². The van der Waals surface area contributed by atoms with E-state index >= 15 is 0 Å². The third-order valence-corrected chi connectivity index (χ3v) is 2.05. The first-order valence-corrected chi connectivity index (χ1v) is 3.84. The van der Waals surface area contributed by atoms with Gasteiger partial charge in [-0.1, -0.05) is 11.6 Å². The van der Waals surface area contributed by atoms with Gasteiger partial charge in [-0.3, -0.25) is 4.79 Å². The van der Waals surface area contributed by atoms with Gasteiger partial charge in [0.05, 0.1) is 0 Å². The van der Waals surface area contributed by atoms with E-state index < -0.39 is 12.0 Å². The third-order valence-electron chi connectivity index (χ3n) is 1.81. The van der Waals surface area contributed by atoms with Crippen LogP contribution in [0.1, 0.15) is 11.7 Å². The summed E-state index contributed by atoms with van der Waals surface area (Å²) in [5.74, 6) is -0.396. The van der Waals surface area contributed by atoms with Crippen molar-refractivity contribution in [3.8, 4) is 0 Å². The van der Waals surface area contributed by atoms with Crippen LogP contribution < -0.4 is 5.32 Å². The maximum absolute atomic E-state index is 10.9. The van der Waals surface area contributed by atoms with Crippen molar-refractivity contribution in [1.29, 1.82) is 0 Å². The molecule has 0 saturated carbocycles. The second-order valence-electron chi connectivity index (χ2n) is 2.62. The standard InChI is InChI=1S/C8H6ClNO2/c9-4-1-2-6-5(3-4)7(11)8(12)10-6/h1-3,7,11H,(H,10,12). The first-order chi connectivity index (χ1) is 5.68. The molecule has 0 aliphatic carbocycles. The number of nitrogens with one attached hydrogen (secondary N) is 1. The van der Waals surface area contributed by atoms with Crippen LogP contribution in [0.2, 0.25) is 5.02 Å². The van der Waals surface area contributed by atoms with Crippen LogP contribution in [0.25, 0.3) is 0 Å². The van der Waals surface area contributed by atoms with Gasteiger partial charge in [0.15, 0.2) is 6.10 Å². The fourth-order valence-corrected chi connectivity index (χ4v) is 1.40. The molecule has 1 heterocycles. The van der Waals surface area contributed by atoms with E-state index in [2.05, 4.69) is 5.32 Å². The monoisotopic (exact) mass is 183 g/mol. The lowest BCUT2D eigenvalue weighted by Gasteiger charge is -1.99. The van der Waals surface area contributed by atoms with Gasteiger partial charge in [0.2, 0.25) is 0 Å².